The molecule has 3 aromatic rings. The Kier molecular flexibility index (Phi) is 5.38. The first-order valence-electron chi connectivity index (χ1n) is 9.22. The van der Waals surface area contributed by atoms with Gasteiger partial charge in [-0.25, -0.2) is 13.6 Å². The molecule has 0 radical (unpaired) electrons. The summed E-state index contributed by atoms with van der Waals surface area (Å²) in [6, 6.07) is 21.0. The van der Waals surface area contributed by atoms with Gasteiger partial charge in [0.25, 0.3) is 0 Å². The van der Waals surface area contributed by atoms with E-state index in [1.165, 1.54) is 36.4 Å². The van der Waals surface area contributed by atoms with E-state index in [0.717, 1.165) is 5.56 Å². The number of primary sulfonamides is 1. The van der Waals surface area contributed by atoms with Crippen LogP contribution in [0.3, 0.4) is 0 Å². The molecule has 1 atom stereocenters. The Morgan fingerprint density at radius 3 is 1.97 bits per heavy atom. The van der Waals surface area contributed by atoms with E-state index in [2.05, 4.69) is 0 Å². The number of nitrogens with zero attached hydrogens (tertiary/aromatic N) is 2. The van der Waals surface area contributed by atoms with Crippen molar-refractivity contribution in [2.45, 2.75) is 22.3 Å². The van der Waals surface area contributed by atoms with Gasteiger partial charge in [0.05, 0.1) is 27.2 Å². The highest BCUT2D eigenvalue weighted by atomic mass is 32.3. The first-order valence-corrected chi connectivity index (χ1v) is 12.2. The van der Waals surface area contributed by atoms with Crippen LogP contribution in [0.4, 0.5) is 9.57 Å². The molecule has 1 aliphatic rings. The predicted molar refractivity (Wildman–Crippen MR) is 115 cm³/mol. The van der Waals surface area contributed by atoms with Crippen LogP contribution in [0.5, 0.6) is 0 Å². The normalized spacial score (nSPS) is 16.9. The molecule has 2 N–H and O–H groups in total. The number of rotatable bonds is 5. The van der Waals surface area contributed by atoms with Crippen molar-refractivity contribution in [3.8, 4) is 0 Å². The first-order chi connectivity index (χ1) is 14.6. The summed E-state index contributed by atoms with van der Waals surface area (Å²) in [5.74, 6) is 0. The molecule has 160 valence electrons. The van der Waals surface area contributed by atoms with E-state index in [0.29, 0.717) is 23.4 Å². The molecular formula is C21H18FN3O4S2. The molecule has 3 aromatic carbocycles. The molecule has 31 heavy (non-hydrogen) atoms. The fourth-order valence-corrected chi connectivity index (χ4v) is 4.43. The second kappa shape index (κ2) is 7.88. The molecule has 0 unspecified atom stereocenters. The van der Waals surface area contributed by atoms with Crippen molar-refractivity contribution >= 4 is 31.6 Å². The van der Waals surface area contributed by atoms with Crippen LogP contribution in [0.25, 0.3) is 0 Å². The zero-order valence-corrected chi connectivity index (χ0v) is 17.7. The minimum Gasteiger partial charge on any atom is -0.257 e. The fraction of sp³-hybridized carbons (Fsp3) is 0.0952. The number of anilines is 1. The van der Waals surface area contributed by atoms with Crippen LogP contribution in [0.15, 0.2) is 93.8 Å². The zero-order chi connectivity index (χ0) is 22.2. The molecule has 0 spiro atoms. The van der Waals surface area contributed by atoms with Crippen LogP contribution in [0.2, 0.25) is 0 Å². The molecule has 10 heteroatoms. The lowest BCUT2D eigenvalue weighted by Crippen LogP contribution is -2.19. The van der Waals surface area contributed by atoms with Crippen LogP contribution in [-0.4, -0.2) is 22.5 Å². The summed E-state index contributed by atoms with van der Waals surface area (Å²) in [4.78, 5) is -0.413. The second-order valence-corrected chi connectivity index (χ2v) is 9.93. The minimum absolute atomic E-state index is 0.000989. The van der Waals surface area contributed by atoms with Gasteiger partial charge in [-0.05, 0) is 47.5 Å². The Bertz CT molecular complexity index is 1340. The first kappa shape index (κ1) is 21.2. The number of sulfonamides is 1. The van der Waals surface area contributed by atoms with Crippen molar-refractivity contribution in [3.05, 3.63) is 90.0 Å². The molecule has 0 bridgehead atoms. The lowest BCUT2D eigenvalue weighted by Gasteiger charge is -2.24. The third-order valence-corrected chi connectivity index (χ3v) is 6.76. The second-order valence-electron chi connectivity index (χ2n) is 7.02. The predicted octanol–water partition coefficient (Wildman–Crippen LogP) is 3.35. The van der Waals surface area contributed by atoms with E-state index in [1.807, 2.05) is 30.3 Å². The summed E-state index contributed by atoms with van der Waals surface area (Å²) in [5.41, 5.74) is 3.02. The number of benzene rings is 3. The Morgan fingerprint density at radius 2 is 1.42 bits per heavy atom. The van der Waals surface area contributed by atoms with Crippen molar-refractivity contribution in [2.75, 3.05) is 5.01 Å². The summed E-state index contributed by atoms with van der Waals surface area (Å²) in [5, 5.41) is 11.7. The molecule has 4 rings (SSSR count). The van der Waals surface area contributed by atoms with Crippen LogP contribution in [0.1, 0.15) is 23.6 Å². The molecule has 0 aliphatic carbocycles. The Hall–Kier alpha value is -3.08. The van der Waals surface area contributed by atoms with E-state index >= 15 is 0 Å². The minimum atomic E-state index is -4.78. The molecule has 1 aliphatic heterocycles. The topological polar surface area (TPSA) is 110 Å². The Labute approximate surface area is 179 Å². The summed E-state index contributed by atoms with van der Waals surface area (Å²) in [7, 11) is -8.59. The van der Waals surface area contributed by atoms with E-state index in [1.54, 1.807) is 17.1 Å². The quantitative estimate of drug-likeness (QED) is 0.589. The van der Waals surface area contributed by atoms with Gasteiger partial charge in [-0.15, -0.1) is 3.89 Å². The summed E-state index contributed by atoms with van der Waals surface area (Å²) in [6.45, 7) is 0. The van der Waals surface area contributed by atoms with Gasteiger partial charge in [0, 0.05) is 6.42 Å². The molecule has 0 saturated carbocycles. The van der Waals surface area contributed by atoms with Gasteiger partial charge in [0.1, 0.15) is 0 Å². The maximum Gasteiger partial charge on any atom is 0.332 e. The van der Waals surface area contributed by atoms with Gasteiger partial charge >= 0.3 is 10.2 Å². The number of nitrogens with two attached hydrogens (primary N) is 1. The Morgan fingerprint density at radius 1 is 0.839 bits per heavy atom. The largest absolute Gasteiger partial charge is 0.332 e. The number of hydrogen-bond acceptors (Lipinski definition) is 6. The summed E-state index contributed by atoms with van der Waals surface area (Å²) in [6.07, 6.45) is 0.517. The van der Waals surface area contributed by atoms with Crippen LogP contribution < -0.4 is 10.1 Å². The lowest BCUT2D eigenvalue weighted by molar-refractivity contribution is 0.552. The van der Waals surface area contributed by atoms with Gasteiger partial charge in [0.15, 0.2) is 0 Å². The van der Waals surface area contributed by atoms with Crippen LogP contribution in [-0.2, 0) is 20.2 Å². The molecule has 0 saturated heterocycles. The van der Waals surface area contributed by atoms with Crippen molar-refractivity contribution in [1.82, 2.24) is 0 Å². The SMILES string of the molecule is NS(=O)(=O)c1ccc(N2N=C(c3ccc(S(=O)(=O)F)cc3)C[C@@H]2c2ccccc2)cc1. The standard InChI is InChI=1S/C21H18FN3O4S2/c22-30(26,27)18-10-6-15(7-11-18)20-14-21(16-4-2-1-3-5-16)25(24-20)17-8-12-19(13-9-17)31(23,28)29/h1-13,21H,14H2,(H2,23,28,29)/t21-/m1/s1. The van der Waals surface area contributed by atoms with Crippen molar-refractivity contribution in [2.24, 2.45) is 10.2 Å². The van der Waals surface area contributed by atoms with Gasteiger partial charge in [-0.3, -0.25) is 5.01 Å². The maximum absolute atomic E-state index is 13.2. The average Bonchev–Trinajstić information content (AvgIpc) is 3.19. The highest BCUT2D eigenvalue weighted by Gasteiger charge is 2.30. The fourth-order valence-electron chi connectivity index (χ4n) is 3.46. The van der Waals surface area contributed by atoms with Gasteiger partial charge in [0.2, 0.25) is 10.0 Å². The number of halogens is 1. The molecule has 0 aromatic heterocycles. The lowest BCUT2D eigenvalue weighted by atomic mass is 9.98. The highest BCUT2D eigenvalue weighted by Crippen LogP contribution is 2.37. The zero-order valence-electron chi connectivity index (χ0n) is 16.1. The van der Waals surface area contributed by atoms with Gasteiger partial charge < -0.3 is 0 Å². The molecule has 1 heterocycles. The monoisotopic (exact) mass is 459 g/mol. The molecular weight excluding hydrogens is 441 g/mol. The molecule has 7 nitrogen and oxygen atoms in total. The Balaban J connectivity index is 1.73. The van der Waals surface area contributed by atoms with E-state index in [-0.39, 0.29) is 10.9 Å². The van der Waals surface area contributed by atoms with Gasteiger partial charge in [-0.2, -0.15) is 13.5 Å². The van der Waals surface area contributed by atoms with Crippen LogP contribution in [0, 0.1) is 0 Å². The van der Waals surface area contributed by atoms with Gasteiger partial charge in [-0.1, -0.05) is 42.5 Å². The molecule has 0 fully saturated rings. The number of hydrazone groups is 1. The number of hydrogen-bond donors (Lipinski definition) is 1. The highest BCUT2D eigenvalue weighted by molar-refractivity contribution is 7.89. The maximum atomic E-state index is 13.2. The average molecular weight is 460 g/mol. The van der Waals surface area contributed by atoms with Crippen molar-refractivity contribution < 1.29 is 20.7 Å². The van der Waals surface area contributed by atoms with E-state index < -0.39 is 25.1 Å². The molecule has 0 amide bonds. The van der Waals surface area contributed by atoms with Crippen molar-refractivity contribution in [3.63, 3.8) is 0 Å². The summed E-state index contributed by atoms with van der Waals surface area (Å²) < 4.78 is 58.5. The van der Waals surface area contributed by atoms with E-state index in [4.69, 9.17) is 10.2 Å². The van der Waals surface area contributed by atoms with Crippen LogP contribution >= 0.6 is 0 Å². The van der Waals surface area contributed by atoms with Crippen molar-refractivity contribution in [1.29, 1.82) is 0 Å². The smallest absolute Gasteiger partial charge is 0.257 e. The third kappa shape index (κ3) is 4.50. The van der Waals surface area contributed by atoms with E-state index in [9.17, 15) is 20.7 Å². The summed E-state index contributed by atoms with van der Waals surface area (Å²) >= 11 is 0. The third-order valence-electron chi connectivity index (χ3n) is 4.99.